The molecule has 3 aromatic rings. The summed E-state index contributed by atoms with van der Waals surface area (Å²) in [6, 6.07) is 18.4. The quantitative estimate of drug-likeness (QED) is 0.258. The molecule has 1 fully saturated rings. The minimum atomic E-state index is -1.02. The monoisotopic (exact) mass is 496 g/mol. The Kier molecular flexibility index (Phi) is 6.31. The van der Waals surface area contributed by atoms with Crippen LogP contribution in [0.5, 0.6) is 11.5 Å². The molecule has 192 valence electrons. The van der Waals surface area contributed by atoms with Gasteiger partial charge in [-0.2, -0.15) is 0 Å². The number of carbonyl (C=O) groups is 1. The molecule has 6 rings (SSSR count). The Labute approximate surface area is 219 Å². The number of anilines is 2. The van der Waals surface area contributed by atoms with Crippen LogP contribution in [0.2, 0.25) is 0 Å². The number of hydrogen-bond acceptors (Lipinski definition) is 5. The molecule has 1 N–H and O–H groups in total. The highest BCUT2D eigenvalue weighted by Gasteiger charge is 2.53. The van der Waals surface area contributed by atoms with Crippen molar-refractivity contribution in [2.24, 2.45) is 0 Å². The van der Waals surface area contributed by atoms with Gasteiger partial charge in [-0.05, 0) is 62.1 Å². The zero-order valence-electron chi connectivity index (χ0n) is 21.9. The molecule has 5 nitrogen and oxygen atoms in total. The number of nitrogens with one attached hydrogen (secondary N) is 1. The minimum Gasteiger partial charge on any atom is -0.456 e. The third kappa shape index (κ3) is 4.05. The summed E-state index contributed by atoms with van der Waals surface area (Å²) in [6.07, 6.45) is 8.61. The van der Waals surface area contributed by atoms with Gasteiger partial charge in [0.25, 0.3) is 0 Å². The number of fused-ring (bicyclic) bond motifs is 6. The summed E-state index contributed by atoms with van der Waals surface area (Å²) < 4.78 is 13.0. The van der Waals surface area contributed by atoms with E-state index in [2.05, 4.69) is 54.4 Å². The number of rotatable bonds is 8. The highest BCUT2D eigenvalue weighted by atomic mass is 16.6. The molecule has 1 atom stereocenters. The maximum absolute atomic E-state index is 13.2. The predicted molar refractivity (Wildman–Crippen MR) is 148 cm³/mol. The van der Waals surface area contributed by atoms with Crippen molar-refractivity contribution in [3.8, 4) is 11.5 Å². The number of esters is 1. The number of hydrogen-bond donors (Lipinski definition) is 1. The van der Waals surface area contributed by atoms with Gasteiger partial charge in [-0.15, -0.1) is 0 Å². The van der Waals surface area contributed by atoms with Crippen molar-refractivity contribution in [1.82, 2.24) is 0 Å². The minimum absolute atomic E-state index is 0.288. The lowest BCUT2D eigenvalue weighted by Crippen LogP contribution is -2.33. The SMILES string of the molecule is CCCCCCCNc1cc2c(cc1C)Oc1cc(N3CCCC3)ccc1C21OC(=O)c2ccccc21. The maximum atomic E-state index is 13.2. The Morgan fingerprint density at radius 2 is 1.68 bits per heavy atom. The van der Waals surface area contributed by atoms with Crippen LogP contribution < -0.4 is 15.0 Å². The molecule has 3 heterocycles. The smallest absolute Gasteiger partial charge is 0.340 e. The van der Waals surface area contributed by atoms with Crippen molar-refractivity contribution in [3.05, 3.63) is 82.4 Å². The van der Waals surface area contributed by atoms with Crippen LogP contribution in [0, 0.1) is 6.92 Å². The average molecular weight is 497 g/mol. The third-order valence-electron chi connectivity index (χ3n) is 8.11. The Bertz CT molecular complexity index is 1330. The zero-order chi connectivity index (χ0) is 25.4. The maximum Gasteiger partial charge on any atom is 0.340 e. The lowest BCUT2D eigenvalue weighted by atomic mass is 9.77. The Morgan fingerprint density at radius 1 is 0.892 bits per heavy atom. The third-order valence-corrected chi connectivity index (χ3v) is 8.11. The predicted octanol–water partition coefficient (Wildman–Crippen LogP) is 7.55. The second-order valence-corrected chi connectivity index (χ2v) is 10.6. The fourth-order valence-corrected chi connectivity index (χ4v) is 6.12. The van der Waals surface area contributed by atoms with Crippen molar-refractivity contribution in [3.63, 3.8) is 0 Å². The first kappa shape index (κ1) is 23.9. The van der Waals surface area contributed by atoms with E-state index in [1.54, 1.807) is 0 Å². The summed E-state index contributed by atoms with van der Waals surface area (Å²) in [5.74, 6) is 1.23. The van der Waals surface area contributed by atoms with Crippen LogP contribution in [0.15, 0.2) is 54.6 Å². The summed E-state index contributed by atoms with van der Waals surface area (Å²) in [4.78, 5) is 15.6. The highest BCUT2D eigenvalue weighted by Crippen LogP contribution is 2.57. The van der Waals surface area contributed by atoms with Gasteiger partial charge in [-0.25, -0.2) is 4.79 Å². The molecule has 37 heavy (non-hydrogen) atoms. The summed E-state index contributed by atoms with van der Waals surface area (Å²) in [5, 5.41) is 3.65. The van der Waals surface area contributed by atoms with E-state index in [1.807, 2.05) is 24.3 Å². The molecule has 0 aromatic heterocycles. The number of ether oxygens (including phenoxy) is 2. The summed E-state index contributed by atoms with van der Waals surface area (Å²) in [7, 11) is 0. The van der Waals surface area contributed by atoms with Gasteiger partial charge in [0.2, 0.25) is 0 Å². The average Bonchev–Trinajstić information content (AvgIpc) is 3.55. The van der Waals surface area contributed by atoms with Crippen molar-refractivity contribution in [2.75, 3.05) is 29.9 Å². The zero-order valence-corrected chi connectivity index (χ0v) is 21.9. The molecule has 5 heteroatoms. The van der Waals surface area contributed by atoms with Crippen LogP contribution in [-0.4, -0.2) is 25.6 Å². The topological polar surface area (TPSA) is 50.8 Å². The molecule has 1 unspecified atom stereocenters. The molecule has 3 aliphatic rings. The van der Waals surface area contributed by atoms with Crippen molar-refractivity contribution < 1.29 is 14.3 Å². The van der Waals surface area contributed by atoms with Crippen molar-refractivity contribution >= 4 is 17.3 Å². The largest absolute Gasteiger partial charge is 0.456 e. The fourth-order valence-electron chi connectivity index (χ4n) is 6.12. The van der Waals surface area contributed by atoms with Gasteiger partial charge >= 0.3 is 5.97 Å². The van der Waals surface area contributed by atoms with Gasteiger partial charge in [-0.3, -0.25) is 0 Å². The van der Waals surface area contributed by atoms with Crippen LogP contribution >= 0.6 is 0 Å². The summed E-state index contributed by atoms with van der Waals surface area (Å²) in [6.45, 7) is 7.39. The number of nitrogens with zero attached hydrogens (tertiary/aromatic N) is 1. The molecule has 0 amide bonds. The molecule has 3 aliphatic heterocycles. The van der Waals surface area contributed by atoms with Crippen LogP contribution in [0.3, 0.4) is 0 Å². The van der Waals surface area contributed by atoms with Crippen molar-refractivity contribution in [1.29, 1.82) is 0 Å². The first-order valence-electron chi connectivity index (χ1n) is 13.9. The number of benzene rings is 3. The van der Waals surface area contributed by atoms with Crippen LogP contribution in [-0.2, 0) is 10.3 Å². The summed E-state index contributed by atoms with van der Waals surface area (Å²) >= 11 is 0. The molecular weight excluding hydrogens is 460 g/mol. The van der Waals surface area contributed by atoms with Gasteiger partial charge in [0.15, 0.2) is 5.60 Å². The van der Waals surface area contributed by atoms with Crippen LogP contribution in [0.4, 0.5) is 11.4 Å². The molecule has 0 bridgehead atoms. The molecule has 1 spiro atoms. The lowest BCUT2D eigenvalue weighted by Gasteiger charge is -2.37. The first-order valence-corrected chi connectivity index (χ1v) is 13.9. The second-order valence-electron chi connectivity index (χ2n) is 10.6. The second kappa shape index (κ2) is 9.77. The van der Waals surface area contributed by atoms with E-state index in [0.29, 0.717) is 5.56 Å². The molecule has 0 aliphatic carbocycles. The van der Waals surface area contributed by atoms with Crippen LogP contribution in [0.1, 0.15) is 84.5 Å². The van der Waals surface area contributed by atoms with E-state index in [4.69, 9.17) is 9.47 Å². The van der Waals surface area contributed by atoms with Gasteiger partial charge in [-0.1, -0.05) is 50.8 Å². The van der Waals surface area contributed by atoms with E-state index >= 15 is 0 Å². The lowest BCUT2D eigenvalue weighted by molar-refractivity contribution is 0.0224. The molecular formula is C32H36N2O3. The molecule has 1 saturated heterocycles. The van der Waals surface area contributed by atoms with Gasteiger partial charge in [0.1, 0.15) is 11.5 Å². The first-order chi connectivity index (χ1) is 18.1. The normalized spacial score (nSPS) is 19.3. The molecule has 0 radical (unpaired) electrons. The summed E-state index contributed by atoms with van der Waals surface area (Å²) in [5.41, 5.74) is 5.59. The van der Waals surface area contributed by atoms with Gasteiger partial charge in [0, 0.05) is 53.8 Å². The van der Waals surface area contributed by atoms with Gasteiger partial charge in [0.05, 0.1) is 5.56 Å². The van der Waals surface area contributed by atoms with E-state index in [9.17, 15) is 4.79 Å². The Hall–Kier alpha value is -3.47. The molecule has 0 saturated carbocycles. The number of unbranched alkanes of at least 4 members (excludes halogenated alkanes) is 4. The number of aryl methyl sites for hydroxylation is 1. The number of carbonyl (C=O) groups excluding carboxylic acids is 1. The van der Waals surface area contributed by atoms with E-state index in [1.165, 1.54) is 38.5 Å². The highest BCUT2D eigenvalue weighted by molar-refractivity contribution is 5.97. The van der Waals surface area contributed by atoms with E-state index < -0.39 is 5.60 Å². The standard InChI is InChI=1S/C32H36N2O3/c1-3-4-5-6-9-16-33-28-21-27-29(19-22(28)2)36-30-20-23(34-17-10-11-18-34)14-15-26(30)32(27)25-13-8-7-12-24(25)31(35)37-32/h7-8,12-15,19-21,33H,3-6,9-11,16-18H2,1-2H3. The fraction of sp³-hybridized carbons (Fsp3) is 0.406. The van der Waals surface area contributed by atoms with Gasteiger partial charge < -0.3 is 19.7 Å². The van der Waals surface area contributed by atoms with E-state index in [-0.39, 0.29) is 5.97 Å². The Morgan fingerprint density at radius 3 is 2.51 bits per heavy atom. The van der Waals surface area contributed by atoms with Crippen LogP contribution in [0.25, 0.3) is 0 Å². The van der Waals surface area contributed by atoms with Crippen molar-refractivity contribution in [2.45, 2.75) is 64.4 Å². The Balaban J connectivity index is 1.43. The molecule has 3 aromatic carbocycles. The van der Waals surface area contributed by atoms with E-state index in [0.717, 1.165) is 71.2 Å².